The van der Waals surface area contributed by atoms with Crippen molar-refractivity contribution in [1.82, 2.24) is 14.5 Å². The Hall–Kier alpha value is -1.51. The molecule has 2 N–H and O–H groups in total. The third-order valence-corrected chi connectivity index (χ3v) is 7.05. The lowest BCUT2D eigenvalue weighted by Gasteiger charge is -2.27. The number of carbonyl (C=O) groups is 1. The summed E-state index contributed by atoms with van der Waals surface area (Å²) < 4.78 is 18.1. The Morgan fingerprint density at radius 2 is 2.11 bits per heavy atom. The zero-order valence-electron chi connectivity index (χ0n) is 16.0. The minimum absolute atomic E-state index is 0.0690. The first-order chi connectivity index (χ1) is 12.7. The molecule has 0 spiro atoms. The number of benzene rings is 1. The van der Waals surface area contributed by atoms with Crippen LogP contribution in [-0.2, 0) is 17.5 Å². The van der Waals surface area contributed by atoms with Crippen LogP contribution in [-0.4, -0.2) is 24.6 Å². The molecule has 1 aliphatic rings. The van der Waals surface area contributed by atoms with E-state index in [1.807, 2.05) is 50.6 Å². The van der Waals surface area contributed by atoms with Crippen LogP contribution in [0.1, 0.15) is 61.4 Å². The van der Waals surface area contributed by atoms with Gasteiger partial charge in [-0.3, -0.25) is 9.48 Å². The van der Waals surface area contributed by atoms with Crippen molar-refractivity contribution in [2.24, 2.45) is 0 Å². The van der Waals surface area contributed by atoms with E-state index in [0.717, 1.165) is 40.8 Å². The molecule has 0 unspecified atom stereocenters. The van der Waals surface area contributed by atoms with Gasteiger partial charge in [0, 0.05) is 16.7 Å². The summed E-state index contributed by atoms with van der Waals surface area (Å²) in [5, 5.41) is 7.40. The summed E-state index contributed by atoms with van der Waals surface area (Å²) in [6, 6.07) is 7.42. The van der Waals surface area contributed by atoms with Crippen LogP contribution in [0.25, 0.3) is 0 Å². The SMILES string of the molecule is Cc1c(Br)cccc1NC(=O)c1cc2n(n1)CCC[C@@H]2N[S@@](=O)C(C)(C)C. The van der Waals surface area contributed by atoms with Crippen LogP contribution in [0.15, 0.2) is 28.7 Å². The number of rotatable bonds is 4. The van der Waals surface area contributed by atoms with Crippen LogP contribution >= 0.6 is 15.9 Å². The highest BCUT2D eigenvalue weighted by Gasteiger charge is 2.29. The quantitative estimate of drug-likeness (QED) is 0.732. The molecule has 3 rings (SSSR count). The summed E-state index contributed by atoms with van der Waals surface area (Å²) in [6.45, 7) is 8.53. The number of carbonyl (C=O) groups excluding carboxylic acids is 1. The van der Waals surface area contributed by atoms with Crippen LogP contribution in [0.2, 0.25) is 0 Å². The maximum absolute atomic E-state index is 12.7. The molecule has 146 valence electrons. The van der Waals surface area contributed by atoms with Gasteiger partial charge in [-0.25, -0.2) is 8.93 Å². The molecule has 8 heteroatoms. The van der Waals surface area contributed by atoms with Crippen molar-refractivity contribution in [2.75, 3.05) is 5.32 Å². The minimum atomic E-state index is -1.18. The molecule has 27 heavy (non-hydrogen) atoms. The highest BCUT2D eigenvalue weighted by Crippen LogP contribution is 2.28. The Bertz CT molecular complexity index is 888. The summed E-state index contributed by atoms with van der Waals surface area (Å²) >= 11 is 3.48. The van der Waals surface area contributed by atoms with Gasteiger partial charge in [0.05, 0.1) is 27.5 Å². The highest BCUT2D eigenvalue weighted by atomic mass is 79.9. The molecule has 0 fully saturated rings. The van der Waals surface area contributed by atoms with Crippen molar-refractivity contribution in [3.63, 3.8) is 0 Å². The second-order valence-electron chi connectivity index (χ2n) is 7.74. The number of fused-ring (bicyclic) bond motifs is 1. The smallest absolute Gasteiger partial charge is 0.276 e. The van der Waals surface area contributed by atoms with E-state index in [1.165, 1.54) is 0 Å². The number of nitrogens with zero attached hydrogens (tertiary/aromatic N) is 2. The first kappa shape index (κ1) is 20.2. The topological polar surface area (TPSA) is 76.0 Å². The van der Waals surface area contributed by atoms with Crippen molar-refractivity contribution >= 4 is 38.5 Å². The zero-order valence-corrected chi connectivity index (χ0v) is 18.4. The lowest BCUT2D eigenvalue weighted by atomic mass is 10.1. The third-order valence-electron chi connectivity index (χ3n) is 4.58. The fraction of sp³-hybridized carbons (Fsp3) is 0.474. The first-order valence-electron chi connectivity index (χ1n) is 8.99. The summed E-state index contributed by atoms with van der Waals surface area (Å²) in [7, 11) is -1.18. The van der Waals surface area contributed by atoms with E-state index in [-0.39, 0.29) is 16.7 Å². The van der Waals surface area contributed by atoms with Gasteiger partial charge in [0.1, 0.15) is 0 Å². The van der Waals surface area contributed by atoms with Gasteiger partial charge in [0.25, 0.3) is 5.91 Å². The van der Waals surface area contributed by atoms with E-state index in [9.17, 15) is 9.00 Å². The normalized spacial score (nSPS) is 18.0. The molecule has 1 aromatic carbocycles. The molecule has 2 heterocycles. The number of aromatic nitrogens is 2. The van der Waals surface area contributed by atoms with Crippen LogP contribution < -0.4 is 10.0 Å². The standard InChI is InChI=1S/C19H25BrN4O2S/c1-12-13(20)7-5-8-14(12)21-18(25)16-11-17-15(9-6-10-24(17)22-16)23-27(26)19(2,3)4/h5,7-8,11,15,23H,6,9-10H2,1-4H3,(H,21,25)/t15-,27-/m0/s1. The van der Waals surface area contributed by atoms with Crippen LogP contribution in [0.4, 0.5) is 5.69 Å². The number of hydrogen-bond acceptors (Lipinski definition) is 3. The Morgan fingerprint density at radius 3 is 2.81 bits per heavy atom. The number of amides is 1. The summed E-state index contributed by atoms with van der Waals surface area (Å²) in [4.78, 5) is 12.7. The average molecular weight is 453 g/mol. The number of aryl methyl sites for hydroxylation is 1. The maximum atomic E-state index is 12.7. The van der Waals surface area contributed by atoms with E-state index in [1.54, 1.807) is 6.07 Å². The second-order valence-corrected chi connectivity index (χ2v) is 10.6. The third kappa shape index (κ3) is 4.50. The predicted molar refractivity (Wildman–Crippen MR) is 112 cm³/mol. The molecule has 1 aliphatic heterocycles. The van der Waals surface area contributed by atoms with Crippen molar-refractivity contribution in [1.29, 1.82) is 0 Å². The Balaban J connectivity index is 1.80. The molecule has 0 bridgehead atoms. The number of halogens is 1. The lowest BCUT2D eigenvalue weighted by molar-refractivity contribution is 0.102. The molecular formula is C19H25BrN4O2S. The van der Waals surface area contributed by atoms with Crippen molar-refractivity contribution in [2.45, 2.75) is 57.9 Å². The van der Waals surface area contributed by atoms with E-state index in [4.69, 9.17) is 0 Å². The van der Waals surface area contributed by atoms with Crippen LogP contribution in [0.5, 0.6) is 0 Å². The van der Waals surface area contributed by atoms with Crippen molar-refractivity contribution < 1.29 is 9.00 Å². The molecule has 1 amide bonds. The number of hydrogen-bond donors (Lipinski definition) is 2. The van der Waals surface area contributed by atoms with Crippen LogP contribution in [0, 0.1) is 6.92 Å². The van der Waals surface area contributed by atoms with Gasteiger partial charge < -0.3 is 5.32 Å². The van der Waals surface area contributed by atoms with Crippen LogP contribution in [0.3, 0.4) is 0 Å². The fourth-order valence-corrected chi connectivity index (χ4v) is 4.17. The molecule has 6 nitrogen and oxygen atoms in total. The Labute approximate surface area is 170 Å². The molecular weight excluding hydrogens is 428 g/mol. The molecule has 0 aliphatic carbocycles. The van der Waals surface area contributed by atoms with E-state index in [0.29, 0.717) is 5.69 Å². The van der Waals surface area contributed by atoms with Gasteiger partial charge in [-0.1, -0.05) is 22.0 Å². The van der Waals surface area contributed by atoms with Crippen molar-refractivity contribution in [3.8, 4) is 0 Å². The maximum Gasteiger partial charge on any atom is 0.276 e. The molecule has 0 saturated carbocycles. The minimum Gasteiger partial charge on any atom is -0.320 e. The van der Waals surface area contributed by atoms with Gasteiger partial charge in [0.2, 0.25) is 0 Å². The lowest BCUT2D eigenvalue weighted by Crippen LogP contribution is -2.37. The molecule has 2 aromatic rings. The van der Waals surface area contributed by atoms with Gasteiger partial charge in [-0.15, -0.1) is 0 Å². The molecule has 2 atom stereocenters. The van der Waals surface area contributed by atoms with E-state index < -0.39 is 11.0 Å². The highest BCUT2D eigenvalue weighted by molar-refractivity contribution is 9.10. The second kappa shape index (κ2) is 7.85. The van der Waals surface area contributed by atoms with Gasteiger partial charge in [0.15, 0.2) is 5.69 Å². The largest absolute Gasteiger partial charge is 0.320 e. The van der Waals surface area contributed by atoms with Gasteiger partial charge in [-0.05, 0) is 64.3 Å². The molecule has 1 aromatic heterocycles. The average Bonchev–Trinajstić information content (AvgIpc) is 3.03. The summed E-state index contributed by atoms with van der Waals surface area (Å²) in [5.74, 6) is -0.242. The molecule has 0 radical (unpaired) electrons. The first-order valence-corrected chi connectivity index (χ1v) is 10.9. The van der Waals surface area contributed by atoms with E-state index >= 15 is 0 Å². The summed E-state index contributed by atoms with van der Waals surface area (Å²) in [5.41, 5.74) is 3.01. The zero-order chi connectivity index (χ0) is 19.8. The predicted octanol–water partition coefficient (Wildman–Crippen LogP) is 4.09. The number of nitrogens with one attached hydrogen (secondary N) is 2. The fourth-order valence-electron chi connectivity index (χ4n) is 2.95. The van der Waals surface area contributed by atoms with Crippen molar-refractivity contribution in [3.05, 3.63) is 45.7 Å². The Morgan fingerprint density at radius 1 is 1.37 bits per heavy atom. The van der Waals surface area contributed by atoms with Gasteiger partial charge in [-0.2, -0.15) is 5.10 Å². The monoisotopic (exact) mass is 452 g/mol. The Kier molecular flexibility index (Phi) is 5.88. The number of anilines is 1. The molecule has 0 saturated heterocycles. The summed E-state index contributed by atoms with van der Waals surface area (Å²) in [6.07, 6.45) is 1.80. The van der Waals surface area contributed by atoms with E-state index in [2.05, 4.69) is 31.1 Å². The van der Waals surface area contributed by atoms with Gasteiger partial charge >= 0.3 is 0 Å².